The highest BCUT2D eigenvalue weighted by atomic mass is 35.5. The predicted molar refractivity (Wildman–Crippen MR) is 84.2 cm³/mol. The van der Waals surface area contributed by atoms with Crippen LogP contribution in [0.5, 0.6) is 0 Å². The molecule has 1 N–H and O–H groups in total. The number of anilines is 1. The molecule has 6 heteroatoms. The number of rotatable bonds is 3. The molecule has 2 aromatic carbocycles. The third kappa shape index (κ3) is 5.24. The first-order valence-corrected chi connectivity index (χ1v) is 6.49. The standard InChI is InChI=1S/C8H8O.C7H7ClN2O2/c1-7-3-2-4-8(5-7)6-9;1-9-7-3-2-5(10(11)12)4-6(7)8/h2-6H,1H3;2-4,9H,1H3. The lowest BCUT2D eigenvalue weighted by molar-refractivity contribution is -0.384. The normalized spacial score (nSPS) is 9.29. The second-order valence-corrected chi connectivity index (χ2v) is 4.61. The third-order valence-electron chi connectivity index (χ3n) is 2.61. The largest absolute Gasteiger partial charge is 0.387 e. The van der Waals surface area contributed by atoms with Gasteiger partial charge in [0, 0.05) is 24.7 Å². The van der Waals surface area contributed by atoms with Gasteiger partial charge in [0.2, 0.25) is 0 Å². The van der Waals surface area contributed by atoms with Gasteiger partial charge < -0.3 is 5.32 Å². The van der Waals surface area contributed by atoms with Gasteiger partial charge in [0.15, 0.2) is 0 Å². The van der Waals surface area contributed by atoms with Crippen molar-refractivity contribution in [2.75, 3.05) is 12.4 Å². The molecule has 0 spiro atoms. The van der Waals surface area contributed by atoms with Crippen LogP contribution in [-0.2, 0) is 0 Å². The summed E-state index contributed by atoms with van der Waals surface area (Å²) in [5.74, 6) is 0. The van der Waals surface area contributed by atoms with Crippen LogP contribution in [0.4, 0.5) is 11.4 Å². The Morgan fingerprint density at radius 3 is 2.38 bits per heavy atom. The molecule has 2 rings (SSSR count). The van der Waals surface area contributed by atoms with E-state index >= 15 is 0 Å². The zero-order valence-electron chi connectivity index (χ0n) is 11.7. The summed E-state index contributed by atoms with van der Waals surface area (Å²) >= 11 is 5.71. The molecular formula is C15H15ClN2O3. The van der Waals surface area contributed by atoms with Crippen molar-refractivity contribution in [2.24, 2.45) is 0 Å². The van der Waals surface area contributed by atoms with Crippen molar-refractivity contribution in [1.82, 2.24) is 0 Å². The Labute approximate surface area is 127 Å². The smallest absolute Gasteiger partial charge is 0.271 e. The molecule has 0 bridgehead atoms. The minimum Gasteiger partial charge on any atom is -0.387 e. The van der Waals surface area contributed by atoms with Gasteiger partial charge in [0.1, 0.15) is 6.29 Å². The summed E-state index contributed by atoms with van der Waals surface area (Å²) in [6.45, 7) is 1.97. The maximum atomic E-state index is 10.3. The van der Waals surface area contributed by atoms with Crippen LogP contribution < -0.4 is 5.32 Å². The number of hydrogen-bond acceptors (Lipinski definition) is 4. The summed E-state index contributed by atoms with van der Waals surface area (Å²) in [7, 11) is 1.70. The Bertz CT molecular complexity index is 645. The second kappa shape index (κ2) is 8.01. The molecule has 5 nitrogen and oxygen atoms in total. The Balaban J connectivity index is 0.000000219. The minimum atomic E-state index is -0.481. The molecule has 21 heavy (non-hydrogen) atoms. The monoisotopic (exact) mass is 306 g/mol. The molecular weight excluding hydrogens is 292 g/mol. The Morgan fingerprint density at radius 1 is 1.24 bits per heavy atom. The molecule has 0 heterocycles. The van der Waals surface area contributed by atoms with E-state index in [1.165, 1.54) is 12.1 Å². The van der Waals surface area contributed by atoms with Crippen molar-refractivity contribution in [3.05, 3.63) is 68.7 Å². The molecule has 0 fully saturated rings. The van der Waals surface area contributed by atoms with Crippen molar-refractivity contribution in [3.8, 4) is 0 Å². The zero-order valence-corrected chi connectivity index (χ0v) is 12.4. The van der Waals surface area contributed by atoms with Crippen LogP contribution in [0, 0.1) is 17.0 Å². The molecule has 0 aliphatic heterocycles. The maximum absolute atomic E-state index is 10.3. The number of aryl methyl sites for hydroxylation is 1. The molecule has 110 valence electrons. The summed E-state index contributed by atoms with van der Waals surface area (Å²) in [5.41, 5.74) is 2.55. The number of nitro benzene ring substituents is 1. The van der Waals surface area contributed by atoms with Gasteiger partial charge >= 0.3 is 0 Å². The summed E-state index contributed by atoms with van der Waals surface area (Å²) in [6.07, 6.45) is 0.854. The molecule has 0 aromatic heterocycles. The van der Waals surface area contributed by atoms with Gasteiger partial charge in [-0.2, -0.15) is 0 Å². The van der Waals surface area contributed by atoms with Gasteiger partial charge in [-0.05, 0) is 19.1 Å². The average molecular weight is 307 g/mol. The van der Waals surface area contributed by atoms with Gasteiger partial charge in [-0.15, -0.1) is 0 Å². The van der Waals surface area contributed by atoms with Crippen molar-refractivity contribution in [3.63, 3.8) is 0 Å². The van der Waals surface area contributed by atoms with E-state index in [0.717, 1.165) is 17.4 Å². The molecule has 0 aliphatic carbocycles. The number of benzene rings is 2. The van der Waals surface area contributed by atoms with Gasteiger partial charge in [-0.25, -0.2) is 0 Å². The maximum Gasteiger partial charge on any atom is 0.271 e. The molecule has 0 saturated heterocycles. The first-order valence-electron chi connectivity index (χ1n) is 6.11. The SMILES string of the molecule is CNc1ccc([N+](=O)[O-])cc1Cl.Cc1cccc(C=O)c1. The van der Waals surface area contributed by atoms with Crippen molar-refractivity contribution in [2.45, 2.75) is 6.92 Å². The van der Waals surface area contributed by atoms with E-state index in [-0.39, 0.29) is 5.69 Å². The number of nitro groups is 1. The van der Waals surface area contributed by atoms with Crippen molar-refractivity contribution in [1.29, 1.82) is 0 Å². The first kappa shape index (κ1) is 16.7. The number of nitrogens with zero attached hydrogens (tertiary/aromatic N) is 1. The Hall–Kier alpha value is -2.40. The molecule has 0 aliphatic rings. The first-order chi connectivity index (χ1) is 9.97. The van der Waals surface area contributed by atoms with Gasteiger partial charge in [-0.3, -0.25) is 14.9 Å². The quantitative estimate of drug-likeness (QED) is 0.526. The number of aldehydes is 1. The van der Waals surface area contributed by atoms with E-state index in [2.05, 4.69) is 5.32 Å². The van der Waals surface area contributed by atoms with Crippen LogP contribution in [0.25, 0.3) is 0 Å². The zero-order chi connectivity index (χ0) is 15.8. The minimum absolute atomic E-state index is 0.000926. The summed E-state index contributed by atoms with van der Waals surface area (Å²) in [4.78, 5) is 20.0. The number of carbonyl (C=O) groups is 1. The van der Waals surface area contributed by atoms with Gasteiger partial charge in [-0.1, -0.05) is 35.4 Å². The van der Waals surface area contributed by atoms with E-state index < -0.39 is 4.92 Å². The average Bonchev–Trinajstić information content (AvgIpc) is 2.47. The van der Waals surface area contributed by atoms with Crippen LogP contribution in [0.15, 0.2) is 42.5 Å². The van der Waals surface area contributed by atoms with Crippen molar-refractivity contribution >= 4 is 29.3 Å². The number of nitrogens with one attached hydrogen (secondary N) is 1. The summed E-state index contributed by atoms with van der Waals surface area (Å²) in [6, 6.07) is 11.8. The molecule has 0 saturated carbocycles. The van der Waals surface area contributed by atoms with E-state index in [9.17, 15) is 14.9 Å². The fourth-order valence-electron chi connectivity index (χ4n) is 1.56. The second-order valence-electron chi connectivity index (χ2n) is 4.20. The van der Waals surface area contributed by atoms with Crippen LogP contribution in [0.3, 0.4) is 0 Å². The third-order valence-corrected chi connectivity index (χ3v) is 2.92. The highest BCUT2D eigenvalue weighted by molar-refractivity contribution is 6.33. The van der Waals surface area contributed by atoms with Crippen LogP contribution >= 0.6 is 11.6 Å². The van der Waals surface area contributed by atoms with E-state index in [1.54, 1.807) is 19.2 Å². The fraction of sp³-hybridized carbons (Fsp3) is 0.133. The molecule has 0 amide bonds. The molecule has 0 radical (unpaired) electrons. The summed E-state index contributed by atoms with van der Waals surface area (Å²) < 4.78 is 0. The van der Waals surface area contributed by atoms with Crippen LogP contribution in [0.1, 0.15) is 15.9 Å². The lowest BCUT2D eigenvalue weighted by Crippen LogP contribution is -1.91. The Kier molecular flexibility index (Phi) is 6.36. The molecule has 0 atom stereocenters. The number of carbonyl (C=O) groups excluding carboxylic acids is 1. The van der Waals surface area contributed by atoms with E-state index in [1.807, 2.05) is 25.1 Å². The number of hydrogen-bond donors (Lipinski definition) is 1. The highest BCUT2D eigenvalue weighted by Crippen LogP contribution is 2.25. The molecule has 2 aromatic rings. The highest BCUT2D eigenvalue weighted by Gasteiger charge is 2.07. The van der Waals surface area contributed by atoms with E-state index in [0.29, 0.717) is 10.7 Å². The van der Waals surface area contributed by atoms with Crippen LogP contribution in [-0.4, -0.2) is 18.3 Å². The molecule has 0 unspecified atom stereocenters. The summed E-state index contributed by atoms with van der Waals surface area (Å²) in [5, 5.41) is 13.4. The number of halogens is 1. The van der Waals surface area contributed by atoms with Gasteiger partial charge in [0.25, 0.3) is 5.69 Å². The number of non-ortho nitro benzene ring substituents is 1. The predicted octanol–water partition coefficient (Wildman–Crippen LogP) is 4.10. The Morgan fingerprint density at radius 2 is 1.95 bits per heavy atom. The van der Waals surface area contributed by atoms with Crippen molar-refractivity contribution < 1.29 is 9.72 Å². The van der Waals surface area contributed by atoms with Crippen LogP contribution in [0.2, 0.25) is 5.02 Å². The fourth-order valence-corrected chi connectivity index (χ4v) is 1.83. The van der Waals surface area contributed by atoms with Gasteiger partial charge in [0.05, 0.1) is 15.6 Å². The lowest BCUT2D eigenvalue weighted by Gasteiger charge is -2.01. The van der Waals surface area contributed by atoms with E-state index in [4.69, 9.17) is 11.6 Å². The lowest BCUT2D eigenvalue weighted by atomic mass is 10.2. The topological polar surface area (TPSA) is 72.2 Å².